The summed E-state index contributed by atoms with van der Waals surface area (Å²) in [5.74, 6) is 0. The normalized spacial score (nSPS) is 21.7. The van der Waals surface area contributed by atoms with Crippen LogP contribution in [0.1, 0.15) is 43.8 Å². The Bertz CT molecular complexity index is 1490. The second-order valence-corrected chi connectivity index (χ2v) is 13.5. The van der Waals surface area contributed by atoms with Crippen LogP contribution in [-0.2, 0) is 22.4 Å². The lowest BCUT2D eigenvalue weighted by atomic mass is 10.1. The molecule has 3 aromatic rings. The number of rotatable bonds is 4. The monoisotopic (exact) mass is 589 g/mol. The Balaban J connectivity index is 1.05. The number of benzene rings is 1. The van der Waals surface area contributed by atoms with Crippen LogP contribution in [0.3, 0.4) is 0 Å². The number of fused-ring (bicyclic) bond motifs is 2. The van der Waals surface area contributed by atoms with Crippen molar-refractivity contribution in [1.29, 1.82) is 5.26 Å². The van der Waals surface area contributed by atoms with Crippen LogP contribution in [0.5, 0.6) is 0 Å². The second-order valence-electron chi connectivity index (χ2n) is 12.4. The van der Waals surface area contributed by atoms with Crippen LogP contribution in [0.4, 0.5) is 15.6 Å². The summed E-state index contributed by atoms with van der Waals surface area (Å²) in [7, 11) is 0. The van der Waals surface area contributed by atoms with Gasteiger partial charge in [-0.2, -0.15) is 5.26 Å². The Morgan fingerprint density at radius 1 is 1.14 bits per heavy atom. The molecule has 222 valence electrons. The SMILES string of the molecule is C[C@@H]1CN(c2ccc(C#N)c3ncccc23)C[C@H](CN2CCN(c3nc4c(s3)CN(C(=O)OC(C)(C)C)CC4)CC2)O1. The summed E-state index contributed by atoms with van der Waals surface area (Å²) in [6, 6.07) is 10.2. The Kier molecular flexibility index (Phi) is 7.96. The van der Waals surface area contributed by atoms with E-state index < -0.39 is 5.60 Å². The van der Waals surface area contributed by atoms with Gasteiger partial charge in [0.2, 0.25) is 0 Å². The van der Waals surface area contributed by atoms with E-state index >= 15 is 0 Å². The molecule has 3 aliphatic rings. The molecule has 2 saturated heterocycles. The Labute approximate surface area is 251 Å². The van der Waals surface area contributed by atoms with E-state index in [-0.39, 0.29) is 18.3 Å². The van der Waals surface area contributed by atoms with Gasteiger partial charge in [0.15, 0.2) is 5.13 Å². The number of anilines is 2. The second kappa shape index (κ2) is 11.7. The number of hydrogen-bond acceptors (Lipinski definition) is 10. The minimum absolute atomic E-state index is 0.0914. The highest BCUT2D eigenvalue weighted by molar-refractivity contribution is 7.15. The third kappa shape index (κ3) is 6.16. The highest BCUT2D eigenvalue weighted by Gasteiger charge is 2.32. The van der Waals surface area contributed by atoms with Crippen LogP contribution in [-0.4, -0.2) is 96.0 Å². The van der Waals surface area contributed by atoms with E-state index in [4.69, 9.17) is 14.5 Å². The molecular weight excluding hydrogens is 550 g/mol. The third-order valence-corrected chi connectivity index (χ3v) is 9.15. The molecule has 1 aromatic carbocycles. The van der Waals surface area contributed by atoms with Gasteiger partial charge in [-0.05, 0) is 52.0 Å². The Hall–Kier alpha value is -3.46. The van der Waals surface area contributed by atoms with Gasteiger partial charge in [0, 0.05) is 80.9 Å². The van der Waals surface area contributed by atoms with Gasteiger partial charge < -0.3 is 24.2 Å². The summed E-state index contributed by atoms with van der Waals surface area (Å²) in [5.41, 5.74) is 3.09. The first kappa shape index (κ1) is 28.6. The van der Waals surface area contributed by atoms with Gasteiger partial charge in [-0.1, -0.05) is 11.3 Å². The summed E-state index contributed by atoms with van der Waals surface area (Å²) >= 11 is 1.71. The van der Waals surface area contributed by atoms with Gasteiger partial charge in [0.25, 0.3) is 0 Å². The molecule has 3 aliphatic heterocycles. The van der Waals surface area contributed by atoms with Crippen LogP contribution in [0.2, 0.25) is 0 Å². The molecule has 11 heteroatoms. The molecule has 0 saturated carbocycles. The average molecular weight is 590 g/mol. The number of carbonyl (C=O) groups excluding carboxylic acids is 1. The lowest BCUT2D eigenvalue weighted by molar-refractivity contribution is -0.0327. The topological polar surface area (TPSA) is 98.1 Å². The average Bonchev–Trinajstić information content (AvgIpc) is 3.39. The molecule has 2 atom stereocenters. The molecule has 0 radical (unpaired) electrons. The number of piperazine rings is 1. The molecule has 1 amide bonds. The van der Waals surface area contributed by atoms with E-state index in [9.17, 15) is 10.1 Å². The lowest BCUT2D eigenvalue weighted by Gasteiger charge is -2.42. The predicted octanol–water partition coefficient (Wildman–Crippen LogP) is 4.27. The van der Waals surface area contributed by atoms with E-state index in [1.807, 2.05) is 32.9 Å². The van der Waals surface area contributed by atoms with Crippen LogP contribution >= 0.6 is 11.3 Å². The molecule has 0 unspecified atom stereocenters. The Morgan fingerprint density at radius 3 is 2.71 bits per heavy atom. The fourth-order valence-electron chi connectivity index (χ4n) is 6.08. The van der Waals surface area contributed by atoms with Crippen molar-refractivity contribution in [2.75, 3.05) is 62.2 Å². The smallest absolute Gasteiger partial charge is 0.410 e. The molecule has 0 aliphatic carbocycles. The number of aromatic nitrogens is 2. The van der Waals surface area contributed by atoms with E-state index in [0.29, 0.717) is 18.7 Å². The van der Waals surface area contributed by atoms with Crippen LogP contribution < -0.4 is 9.80 Å². The van der Waals surface area contributed by atoms with Crippen LogP contribution in [0, 0.1) is 11.3 Å². The zero-order valence-electron chi connectivity index (χ0n) is 24.9. The molecule has 10 nitrogen and oxygen atoms in total. The van der Waals surface area contributed by atoms with Gasteiger partial charge >= 0.3 is 6.09 Å². The molecular formula is C31H39N7O3S. The summed E-state index contributed by atoms with van der Waals surface area (Å²) in [5, 5.41) is 11.6. The summed E-state index contributed by atoms with van der Waals surface area (Å²) in [4.78, 5) is 32.3. The van der Waals surface area contributed by atoms with Crippen LogP contribution in [0.15, 0.2) is 30.5 Å². The fourth-order valence-corrected chi connectivity index (χ4v) is 7.25. The molecule has 0 N–H and O–H groups in total. The van der Waals surface area contributed by atoms with Crippen molar-refractivity contribution < 1.29 is 14.3 Å². The molecule has 0 spiro atoms. The van der Waals surface area contributed by atoms with Crippen molar-refractivity contribution in [3.8, 4) is 6.07 Å². The van der Waals surface area contributed by atoms with E-state index in [0.717, 1.165) is 79.6 Å². The largest absolute Gasteiger partial charge is 0.444 e. The predicted molar refractivity (Wildman–Crippen MR) is 164 cm³/mol. The standard InChI is InChI=1S/C31H39N7O3S/c1-21-17-38(26-8-7-22(16-32)28-24(26)6-5-10-33-28)19-23(40-21)18-35-12-14-36(15-13-35)29-34-25-9-11-37(20-27(25)42-29)30(39)41-31(2,3)4/h5-8,10,21,23H,9,11-15,17-20H2,1-4H3/t21-,23+/m1/s1. The zero-order chi connectivity index (χ0) is 29.4. The lowest BCUT2D eigenvalue weighted by Crippen LogP contribution is -2.54. The number of morpholine rings is 1. The number of hydrogen-bond donors (Lipinski definition) is 0. The van der Waals surface area contributed by atoms with Gasteiger partial charge in [0.1, 0.15) is 11.7 Å². The summed E-state index contributed by atoms with van der Waals surface area (Å²) < 4.78 is 12.0. The molecule has 42 heavy (non-hydrogen) atoms. The maximum absolute atomic E-state index is 12.6. The first-order valence-corrected chi connectivity index (χ1v) is 15.6. The fraction of sp³-hybridized carbons (Fsp3) is 0.548. The maximum atomic E-state index is 12.6. The highest BCUT2D eigenvalue weighted by Crippen LogP contribution is 2.33. The van der Waals surface area contributed by atoms with Crippen molar-refractivity contribution in [1.82, 2.24) is 19.8 Å². The van der Waals surface area contributed by atoms with Crippen molar-refractivity contribution in [3.63, 3.8) is 0 Å². The van der Waals surface area contributed by atoms with E-state index in [1.165, 1.54) is 4.88 Å². The van der Waals surface area contributed by atoms with Crippen molar-refractivity contribution in [2.45, 2.75) is 58.5 Å². The third-order valence-electron chi connectivity index (χ3n) is 8.01. The number of ether oxygens (including phenoxy) is 2. The first-order valence-electron chi connectivity index (χ1n) is 14.8. The van der Waals surface area contributed by atoms with Gasteiger partial charge in [-0.25, -0.2) is 9.78 Å². The van der Waals surface area contributed by atoms with E-state index in [1.54, 1.807) is 22.4 Å². The van der Waals surface area contributed by atoms with Gasteiger partial charge in [-0.15, -0.1) is 0 Å². The molecule has 6 rings (SSSR count). The molecule has 5 heterocycles. The molecule has 2 aromatic heterocycles. The number of nitriles is 1. The summed E-state index contributed by atoms with van der Waals surface area (Å²) in [6.45, 7) is 15.3. The number of pyridine rings is 1. The Morgan fingerprint density at radius 2 is 1.95 bits per heavy atom. The number of thiazole rings is 1. The molecule has 2 fully saturated rings. The van der Waals surface area contributed by atoms with Crippen LogP contribution in [0.25, 0.3) is 10.9 Å². The maximum Gasteiger partial charge on any atom is 0.410 e. The van der Waals surface area contributed by atoms with Crippen molar-refractivity contribution in [3.05, 3.63) is 46.6 Å². The minimum atomic E-state index is -0.496. The number of amides is 1. The highest BCUT2D eigenvalue weighted by atomic mass is 32.1. The van der Waals surface area contributed by atoms with Crippen molar-refractivity contribution in [2.24, 2.45) is 0 Å². The quantitative estimate of drug-likeness (QED) is 0.442. The number of nitrogens with zero attached hydrogens (tertiary/aromatic N) is 7. The van der Waals surface area contributed by atoms with Gasteiger partial charge in [-0.3, -0.25) is 9.88 Å². The minimum Gasteiger partial charge on any atom is -0.444 e. The first-order chi connectivity index (χ1) is 20.2. The number of carbonyl (C=O) groups is 1. The van der Waals surface area contributed by atoms with Crippen molar-refractivity contribution >= 4 is 39.2 Å². The summed E-state index contributed by atoms with van der Waals surface area (Å²) in [6.07, 6.45) is 2.46. The van der Waals surface area contributed by atoms with E-state index in [2.05, 4.69) is 44.8 Å². The van der Waals surface area contributed by atoms with Gasteiger partial charge in [0.05, 0.1) is 35.5 Å². The molecule has 0 bridgehead atoms. The zero-order valence-corrected chi connectivity index (χ0v) is 25.7.